The number of aryl methyl sites for hydroxylation is 1. The van der Waals surface area contributed by atoms with Gasteiger partial charge in [0.2, 0.25) is 0 Å². The highest BCUT2D eigenvalue weighted by atomic mass is 16.5. The van der Waals surface area contributed by atoms with Crippen LogP contribution in [0.1, 0.15) is 19.4 Å². The zero-order chi connectivity index (χ0) is 10.3. The Morgan fingerprint density at radius 3 is 2.00 bits per heavy atom. The third kappa shape index (κ3) is 2.98. The van der Waals surface area contributed by atoms with Gasteiger partial charge in [0.15, 0.2) is 11.5 Å². The van der Waals surface area contributed by atoms with E-state index in [-0.39, 0.29) is 0 Å². The molecule has 13 heavy (non-hydrogen) atoms. The molecule has 0 saturated heterocycles. The summed E-state index contributed by atoms with van der Waals surface area (Å²) in [6, 6.07) is 5.81. The van der Waals surface area contributed by atoms with Crippen LogP contribution in [0.15, 0.2) is 18.2 Å². The highest BCUT2D eigenvalue weighted by molar-refractivity contribution is 5.45. The van der Waals surface area contributed by atoms with Crippen molar-refractivity contribution in [1.29, 1.82) is 0 Å². The molecule has 1 aromatic carbocycles. The second-order valence-electron chi connectivity index (χ2n) is 2.31. The van der Waals surface area contributed by atoms with Gasteiger partial charge in [-0.2, -0.15) is 0 Å². The maximum Gasteiger partial charge on any atom is 0.163 e. The van der Waals surface area contributed by atoms with Crippen LogP contribution in [0, 0.1) is 6.92 Å². The fourth-order valence-electron chi connectivity index (χ4n) is 1.05. The standard InChI is InChI=1S/C9H12O2.C2H6/c1-7-5-4-6-8(10-2)9(7)11-3;1-2/h4-6H,1-3H3;1-2H3. The second kappa shape index (κ2) is 6.35. The van der Waals surface area contributed by atoms with Crippen molar-refractivity contribution in [3.63, 3.8) is 0 Å². The van der Waals surface area contributed by atoms with Gasteiger partial charge in [-0.25, -0.2) is 0 Å². The summed E-state index contributed by atoms with van der Waals surface area (Å²) in [5.74, 6) is 1.60. The van der Waals surface area contributed by atoms with Crippen LogP contribution in [0.25, 0.3) is 0 Å². The predicted octanol–water partition coefficient (Wildman–Crippen LogP) is 3.04. The predicted molar refractivity (Wildman–Crippen MR) is 55.6 cm³/mol. The van der Waals surface area contributed by atoms with Gasteiger partial charge in [-0.15, -0.1) is 0 Å². The van der Waals surface area contributed by atoms with E-state index < -0.39 is 0 Å². The van der Waals surface area contributed by atoms with Gasteiger partial charge in [-0.3, -0.25) is 0 Å². The molecule has 1 rings (SSSR count). The van der Waals surface area contributed by atoms with Gasteiger partial charge in [0, 0.05) is 0 Å². The van der Waals surface area contributed by atoms with Crippen LogP contribution in [0.4, 0.5) is 0 Å². The largest absolute Gasteiger partial charge is 0.493 e. The summed E-state index contributed by atoms with van der Waals surface area (Å²) in [6.45, 7) is 5.99. The summed E-state index contributed by atoms with van der Waals surface area (Å²) in [6.07, 6.45) is 0. The van der Waals surface area contributed by atoms with E-state index in [1.807, 2.05) is 39.0 Å². The maximum absolute atomic E-state index is 5.14. The van der Waals surface area contributed by atoms with Gasteiger partial charge in [0.1, 0.15) is 0 Å². The Balaban J connectivity index is 0.000000671. The molecule has 0 heterocycles. The lowest BCUT2D eigenvalue weighted by atomic mass is 10.2. The summed E-state index contributed by atoms with van der Waals surface area (Å²) in [4.78, 5) is 0. The lowest BCUT2D eigenvalue weighted by Gasteiger charge is -2.08. The number of rotatable bonds is 2. The number of methoxy groups -OCH3 is 2. The van der Waals surface area contributed by atoms with Gasteiger partial charge in [-0.1, -0.05) is 26.0 Å². The minimum Gasteiger partial charge on any atom is -0.493 e. The van der Waals surface area contributed by atoms with Crippen molar-refractivity contribution < 1.29 is 9.47 Å². The van der Waals surface area contributed by atoms with Gasteiger partial charge in [0.05, 0.1) is 14.2 Å². The first kappa shape index (κ1) is 11.8. The summed E-state index contributed by atoms with van der Waals surface area (Å²) in [5.41, 5.74) is 1.09. The molecule has 1 aromatic rings. The third-order valence-electron chi connectivity index (χ3n) is 1.60. The van der Waals surface area contributed by atoms with Crippen molar-refractivity contribution >= 4 is 0 Å². The van der Waals surface area contributed by atoms with E-state index in [0.717, 1.165) is 17.1 Å². The van der Waals surface area contributed by atoms with E-state index >= 15 is 0 Å². The lowest BCUT2D eigenvalue weighted by Crippen LogP contribution is -1.91. The van der Waals surface area contributed by atoms with Crippen molar-refractivity contribution in [2.45, 2.75) is 20.8 Å². The maximum atomic E-state index is 5.14. The Hall–Kier alpha value is -1.18. The lowest BCUT2D eigenvalue weighted by molar-refractivity contribution is 0.353. The molecule has 0 aliphatic carbocycles. The number of hydrogen-bond donors (Lipinski definition) is 0. The molecule has 0 spiro atoms. The highest BCUT2D eigenvalue weighted by Gasteiger charge is 2.03. The molecule has 0 aromatic heterocycles. The van der Waals surface area contributed by atoms with Crippen molar-refractivity contribution in [1.82, 2.24) is 0 Å². The molecule has 0 radical (unpaired) electrons. The van der Waals surface area contributed by atoms with E-state index in [1.165, 1.54) is 0 Å². The molecule has 0 bridgehead atoms. The normalized spacial score (nSPS) is 8.38. The number of benzene rings is 1. The van der Waals surface area contributed by atoms with Crippen molar-refractivity contribution in [2.24, 2.45) is 0 Å². The van der Waals surface area contributed by atoms with Crippen LogP contribution in [0.5, 0.6) is 11.5 Å². The molecule has 0 unspecified atom stereocenters. The van der Waals surface area contributed by atoms with Crippen LogP contribution in [-0.2, 0) is 0 Å². The molecule has 0 amide bonds. The van der Waals surface area contributed by atoms with Crippen LogP contribution in [0.2, 0.25) is 0 Å². The molecule has 0 fully saturated rings. The summed E-state index contributed by atoms with van der Waals surface area (Å²) in [5, 5.41) is 0. The molecule has 0 N–H and O–H groups in total. The molecule has 74 valence electrons. The Morgan fingerprint density at radius 2 is 1.62 bits per heavy atom. The van der Waals surface area contributed by atoms with E-state index in [4.69, 9.17) is 9.47 Å². The topological polar surface area (TPSA) is 18.5 Å². The number of ether oxygens (including phenoxy) is 2. The highest BCUT2D eigenvalue weighted by Crippen LogP contribution is 2.29. The smallest absolute Gasteiger partial charge is 0.163 e. The Bertz CT molecular complexity index is 244. The van der Waals surface area contributed by atoms with Gasteiger partial charge < -0.3 is 9.47 Å². The molecule has 0 aliphatic heterocycles. The molecule has 2 heteroatoms. The van der Waals surface area contributed by atoms with Crippen LogP contribution in [0.3, 0.4) is 0 Å². The fraction of sp³-hybridized carbons (Fsp3) is 0.455. The summed E-state index contributed by atoms with van der Waals surface area (Å²) in [7, 11) is 3.28. The summed E-state index contributed by atoms with van der Waals surface area (Å²) >= 11 is 0. The van der Waals surface area contributed by atoms with Crippen molar-refractivity contribution in [3.8, 4) is 11.5 Å². The van der Waals surface area contributed by atoms with Crippen molar-refractivity contribution in [2.75, 3.05) is 14.2 Å². The number of hydrogen-bond acceptors (Lipinski definition) is 2. The van der Waals surface area contributed by atoms with E-state index in [1.54, 1.807) is 14.2 Å². The zero-order valence-corrected chi connectivity index (χ0v) is 9.05. The SMILES string of the molecule is CC.COc1cccc(C)c1OC. The first-order chi connectivity index (χ1) is 6.29. The van der Waals surface area contributed by atoms with Gasteiger partial charge >= 0.3 is 0 Å². The average Bonchev–Trinajstić information content (AvgIpc) is 2.20. The Morgan fingerprint density at radius 1 is 1.00 bits per heavy atom. The average molecular weight is 182 g/mol. The molecule has 2 nitrogen and oxygen atoms in total. The van der Waals surface area contributed by atoms with Crippen molar-refractivity contribution in [3.05, 3.63) is 23.8 Å². The van der Waals surface area contributed by atoms with Crippen LogP contribution >= 0.6 is 0 Å². The first-order valence-electron chi connectivity index (χ1n) is 4.47. The summed E-state index contributed by atoms with van der Waals surface area (Å²) < 4.78 is 10.2. The fourth-order valence-corrected chi connectivity index (χ4v) is 1.05. The minimum absolute atomic E-state index is 0.785. The Kier molecular flexibility index (Phi) is 5.77. The second-order valence-corrected chi connectivity index (χ2v) is 2.31. The molecular weight excluding hydrogens is 164 g/mol. The molecule has 0 saturated carbocycles. The Labute approximate surface area is 80.5 Å². The van der Waals surface area contributed by atoms with E-state index in [0.29, 0.717) is 0 Å². The first-order valence-corrected chi connectivity index (χ1v) is 4.47. The third-order valence-corrected chi connectivity index (χ3v) is 1.60. The van der Waals surface area contributed by atoms with E-state index in [2.05, 4.69) is 0 Å². The van der Waals surface area contributed by atoms with E-state index in [9.17, 15) is 0 Å². The monoisotopic (exact) mass is 182 g/mol. The van der Waals surface area contributed by atoms with Crippen LogP contribution in [-0.4, -0.2) is 14.2 Å². The quantitative estimate of drug-likeness (QED) is 0.700. The zero-order valence-electron chi connectivity index (χ0n) is 9.05. The minimum atomic E-state index is 0.785. The number of para-hydroxylation sites is 1. The van der Waals surface area contributed by atoms with Gasteiger partial charge in [-0.05, 0) is 18.6 Å². The molecular formula is C11H18O2. The molecule has 0 atom stereocenters. The van der Waals surface area contributed by atoms with Crippen LogP contribution < -0.4 is 9.47 Å². The molecule has 0 aliphatic rings. The van der Waals surface area contributed by atoms with Gasteiger partial charge in [0.25, 0.3) is 0 Å².